The number of aliphatic hydroxyl groups is 9. The minimum absolute atomic E-state index is 0.0995. The molecule has 0 spiro atoms. The number of amides is 4. The van der Waals surface area contributed by atoms with Gasteiger partial charge >= 0.3 is 18.0 Å². The average molecular weight is 1370 g/mol. The lowest BCUT2D eigenvalue weighted by molar-refractivity contribution is -0.282. The minimum atomic E-state index is -1.20. The monoisotopic (exact) mass is 1370 g/mol. The quantitative estimate of drug-likeness (QED) is 0.0236. The molecule has 0 bridgehead atoms. The van der Waals surface area contributed by atoms with Crippen LogP contribution >= 0.6 is 0 Å². The van der Waals surface area contributed by atoms with Gasteiger partial charge in [-0.15, -0.1) is 0 Å². The molecule has 15 unspecified atom stereocenters. The third kappa shape index (κ3) is 35.6. The summed E-state index contributed by atoms with van der Waals surface area (Å²) in [6, 6.07) is 0. The number of hydrogen-bond acceptors (Lipinski definition) is 24. The Kier molecular flexibility index (Phi) is 45.2. The maximum atomic E-state index is 12.7. The Labute approximate surface area is 562 Å². The number of rotatable bonds is 53. The zero-order chi connectivity index (χ0) is 69.8. The Morgan fingerprint density at radius 3 is 0.947 bits per heavy atom. The van der Waals surface area contributed by atoms with Gasteiger partial charge in [0.1, 0.15) is 36.6 Å². The molecule has 0 aromatic carbocycles. The summed E-state index contributed by atoms with van der Waals surface area (Å²) < 4.78 is 50.5. The molecule has 0 radical (unpaired) electrons. The highest BCUT2D eigenvalue weighted by Gasteiger charge is 2.45. The molecule has 15 atom stereocenters. The lowest BCUT2D eigenvalue weighted by Crippen LogP contribution is -2.55. The molecular weight excluding hydrogens is 1240 g/mol. The Bertz CT molecular complexity index is 1860. The van der Waals surface area contributed by atoms with Gasteiger partial charge in [0, 0.05) is 76.0 Å². The fourth-order valence-electron chi connectivity index (χ4n) is 11.7. The van der Waals surface area contributed by atoms with Crippen LogP contribution in [0.4, 0.5) is 4.79 Å². The van der Waals surface area contributed by atoms with Gasteiger partial charge in [0.15, 0.2) is 18.9 Å². The molecule has 28 nitrogen and oxygen atoms in total. The van der Waals surface area contributed by atoms with Crippen LogP contribution in [0.25, 0.3) is 0 Å². The van der Waals surface area contributed by atoms with Crippen molar-refractivity contribution in [3.05, 3.63) is 0 Å². The highest BCUT2D eigenvalue weighted by Crippen LogP contribution is 2.35. The van der Waals surface area contributed by atoms with Crippen molar-refractivity contribution < 1.29 is 117 Å². The number of hydrogen-bond donors (Lipinski definition) is 13. The fourth-order valence-corrected chi connectivity index (χ4v) is 11.7. The molecule has 3 rings (SSSR count). The van der Waals surface area contributed by atoms with E-state index in [1.165, 1.54) is 0 Å². The zero-order valence-corrected chi connectivity index (χ0v) is 57.3. The zero-order valence-electron chi connectivity index (χ0n) is 57.3. The molecule has 13 N–H and O–H groups in total. The van der Waals surface area contributed by atoms with Crippen molar-refractivity contribution >= 4 is 35.8 Å². The van der Waals surface area contributed by atoms with Gasteiger partial charge in [-0.1, -0.05) is 79.1 Å². The van der Waals surface area contributed by atoms with Gasteiger partial charge in [0.2, 0.25) is 17.7 Å². The van der Waals surface area contributed by atoms with Crippen molar-refractivity contribution in [1.29, 1.82) is 0 Å². The van der Waals surface area contributed by atoms with Crippen molar-refractivity contribution in [2.75, 3.05) is 85.6 Å². The molecule has 554 valence electrons. The van der Waals surface area contributed by atoms with Crippen molar-refractivity contribution in [1.82, 2.24) is 21.3 Å². The van der Waals surface area contributed by atoms with E-state index in [-0.39, 0.29) is 94.0 Å². The molecule has 3 aliphatic heterocycles. The van der Waals surface area contributed by atoms with Crippen molar-refractivity contribution in [2.45, 2.75) is 281 Å². The molecule has 0 aliphatic carbocycles. The van der Waals surface area contributed by atoms with Crippen LogP contribution in [0.1, 0.15) is 207 Å². The van der Waals surface area contributed by atoms with Crippen LogP contribution in [0.5, 0.6) is 0 Å². The predicted molar refractivity (Wildman–Crippen MR) is 346 cm³/mol. The summed E-state index contributed by atoms with van der Waals surface area (Å²) in [5, 5.41) is 100. The Hall–Kier alpha value is -3.98. The average Bonchev–Trinajstić information content (AvgIpc) is 0.851. The molecule has 3 saturated heterocycles. The van der Waals surface area contributed by atoms with Crippen molar-refractivity contribution in [2.24, 2.45) is 23.2 Å². The Morgan fingerprint density at radius 1 is 0.347 bits per heavy atom. The first-order valence-corrected chi connectivity index (χ1v) is 35.4. The molecule has 95 heavy (non-hydrogen) atoms. The van der Waals surface area contributed by atoms with Gasteiger partial charge < -0.3 is 110 Å². The SMILES string of the molecule is CC1C(OCCCC(=O)NCCCCCCCC(=O)OCCCC(C)(CCCOC(=O)CCCCCCCNC(=O)CCCOC2OC(CO)C(O)C(O)C2C)CCCOC(=O)NCCCCCCNC(=O)CCCOC2OC(CO)C(O)C(O)C2C)OC(CO)C(O)C1O. The molecule has 28 heteroatoms. The van der Waals surface area contributed by atoms with E-state index in [9.17, 15) is 74.7 Å². The van der Waals surface area contributed by atoms with E-state index in [2.05, 4.69) is 28.2 Å². The second-order valence-electron chi connectivity index (χ2n) is 26.2. The number of carbonyl (C=O) groups is 6. The number of unbranched alkanes of at least 4 members (excludes halogenated alkanes) is 11. The van der Waals surface area contributed by atoms with Gasteiger partial charge in [-0.05, 0) is 102 Å². The van der Waals surface area contributed by atoms with E-state index in [0.29, 0.717) is 90.4 Å². The van der Waals surface area contributed by atoms with Crippen molar-refractivity contribution in [3.63, 3.8) is 0 Å². The van der Waals surface area contributed by atoms with Gasteiger partial charge in [-0.2, -0.15) is 0 Å². The summed E-state index contributed by atoms with van der Waals surface area (Å²) in [4.78, 5) is 74.9. The molecule has 3 heterocycles. The Morgan fingerprint density at radius 2 is 0.632 bits per heavy atom. The van der Waals surface area contributed by atoms with Crippen LogP contribution in [0.2, 0.25) is 0 Å². The van der Waals surface area contributed by atoms with Gasteiger partial charge in [0.25, 0.3) is 0 Å². The first kappa shape index (κ1) is 85.2. The molecule has 0 aromatic rings. The number of esters is 2. The molecule has 3 aliphatic rings. The highest BCUT2D eigenvalue weighted by molar-refractivity contribution is 5.76. The van der Waals surface area contributed by atoms with Gasteiger partial charge in [0.05, 0.1) is 77.8 Å². The Balaban J connectivity index is 1.26. The number of alkyl carbamates (subject to hydrolysis) is 1. The van der Waals surface area contributed by atoms with Crippen LogP contribution < -0.4 is 21.3 Å². The lowest BCUT2D eigenvalue weighted by Gasteiger charge is -2.40. The van der Waals surface area contributed by atoms with E-state index in [0.717, 1.165) is 96.3 Å². The number of aliphatic hydroxyl groups excluding tert-OH is 9. The lowest BCUT2D eigenvalue weighted by atomic mass is 9.77. The summed E-state index contributed by atoms with van der Waals surface area (Å²) in [6.07, 6.45) is 5.71. The van der Waals surface area contributed by atoms with Crippen LogP contribution in [0.15, 0.2) is 0 Å². The topological polar surface area (TPSA) is 416 Å². The van der Waals surface area contributed by atoms with Crippen LogP contribution in [-0.2, 0) is 66.6 Å². The van der Waals surface area contributed by atoms with E-state index in [1.54, 1.807) is 20.8 Å². The maximum absolute atomic E-state index is 12.7. The number of ether oxygens (including phenoxy) is 9. The van der Waals surface area contributed by atoms with Crippen LogP contribution in [0.3, 0.4) is 0 Å². The standard InChI is InChI=1S/C67H122N4O24/c1-46-57(80)60(83)49(43-72)93-63(46)89-37-19-25-52(75)68-33-15-9-5-7-13-28-55(78)87-40-22-30-67(4,31-23-41-88-56(79)29-14-8-6-10-16-34-69-53(76)26-20-38-90-64-47(2)58(81)61(84)50(44-73)94-64)32-24-42-92-66(86)71-36-18-12-11-17-35-70-54(77)27-21-39-91-65-48(3)59(82)62(85)51(45-74)95-65/h46-51,57-65,72-74,80-85H,5-45H2,1-4H3,(H,68,75)(H,69,76)(H,70,77)(H,71,86). The summed E-state index contributed by atoms with van der Waals surface area (Å²) in [5.74, 6) is -2.31. The second kappa shape index (κ2) is 50.4. The molecule has 3 fully saturated rings. The van der Waals surface area contributed by atoms with E-state index >= 15 is 0 Å². The van der Waals surface area contributed by atoms with Crippen LogP contribution in [-0.4, -0.2) is 241 Å². The normalized spacial score (nSPS) is 26.6. The first-order chi connectivity index (χ1) is 45.6. The molecule has 0 aromatic heterocycles. The second-order valence-corrected chi connectivity index (χ2v) is 26.2. The third-order valence-electron chi connectivity index (χ3n) is 18.0. The summed E-state index contributed by atoms with van der Waals surface area (Å²) >= 11 is 0. The third-order valence-corrected chi connectivity index (χ3v) is 18.0. The summed E-state index contributed by atoms with van der Waals surface area (Å²) in [5.41, 5.74) is -0.211. The first-order valence-electron chi connectivity index (χ1n) is 35.4. The minimum Gasteiger partial charge on any atom is -0.466 e. The predicted octanol–water partition coefficient (Wildman–Crippen LogP) is 3.35. The number of nitrogens with one attached hydrogen (secondary N) is 4. The molecule has 4 amide bonds. The molecule has 0 saturated carbocycles. The number of carbonyl (C=O) groups excluding carboxylic acids is 6. The van der Waals surface area contributed by atoms with Crippen molar-refractivity contribution in [3.8, 4) is 0 Å². The van der Waals surface area contributed by atoms with E-state index in [1.807, 2.05) is 0 Å². The van der Waals surface area contributed by atoms with E-state index in [4.69, 9.17) is 42.6 Å². The maximum Gasteiger partial charge on any atom is 0.407 e. The highest BCUT2D eigenvalue weighted by atomic mass is 16.7. The smallest absolute Gasteiger partial charge is 0.407 e. The van der Waals surface area contributed by atoms with Crippen LogP contribution in [0, 0.1) is 23.2 Å². The van der Waals surface area contributed by atoms with Gasteiger partial charge in [-0.25, -0.2) is 4.79 Å². The van der Waals surface area contributed by atoms with Gasteiger partial charge in [-0.3, -0.25) is 24.0 Å². The van der Waals surface area contributed by atoms with E-state index < -0.39 is 117 Å². The largest absolute Gasteiger partial charge is 0.466 e. The molecular formula is C67H122N4O24. The summed E-state index contributed by atoms with van der Waals surface area (Å²) in [6.45, 7) is 9.30. The fraction of sp³-hybridized carbons (Fsp3) is 0.910. The summed E-state index contributed by atoms with van der Waals surface area (Å²) in [7, 11) is 0.